The number of nitrogen functional groups attached to an aromatic ring is 1. The van der Waals surface area contributed by atoms with Gasteiger partial charge in [-0.15, -0.1) is 5.10 Å². The minimum absolute atomic E-state index is 0.0948. The molecule has 106 valence electrons. The van der Waals surface area contributed by atoms with Gasteiger partial charge in [-0.05, 0) is 48.4 Å². The van der Waals surface area contributed by atoms with Gasteiger partial charge in [-0.3, -0.25) is 0 Å². The molecular formula is C13H16FN5O. The Hall–Kier alpha value is -2.02. The van der Waals surface area contributed by atoms with E-state index in [0.717, 1.165) is 12.8 Å². The molecule has 0 radical (unpaired) electrons. The second-order valence-electron chi connectivity index (χ2n) is 5.04. The van der Waals surface area contributed by atoms with Crippen molar-refractivity contribution in [2.24, 2.45) is 0 Å². The van der Waals surface area contributed by atoms with Gasteiger partial charge in [0.25, 0.3) is 0 Å². The van der Waals surface area contributed by atoms with E-state index in [4.69, 9.17) is 10.5 Å². The molecule has 1 aliphatic heterocycles. The number of hydrogen-bond donors (Lipinski definition) is 1. The lowest BCUT2D eigenvalue weighted by molar-refractivity contribution is 0.00350. The average Bonchev–Trinajstić information content (AvgIpc) is 2.91. The van der Waals surface area contributed by atoms with Crippen LogP contribution in [0.25, 0.3) is 11.4 Å². The third-order valence-electron chi connectivity index (χ3n) is 3.55. The molecule has 1 aromatic heterocycles. The van der Waals surface area contributed by atoms with Crippen LogP contribution in [0.3, 0.4) is 0 Å². The third-order valence-corrected chi connectivity index (χ3v) is 3.55. The van der Waals surface area contributed by atoms with Crippen molar-refractivity contribution in [1.82, 2.24) is 20.2 Å². The van der Waals surface area contributed by atoms with Crippen LogP contribution in [-0.4, -0.2) is 32.9 Å². The average molecular weight is 277 g/mol. The van der Waals surface area contributed by atoms with Crippen LogP contribution in [0, 0.1) is 5.82 Å². The van der Waals surface area contributed by atoms with Crippen LogP contribution in [0.1, 0.15) is 25.8 Å². The summed E-state index contributed by atoms with van der Waals surface area (Å²) >= 11 is 0. The first-order valence-electron chi connectivity index (χ1n) is 6.60. The molecular weight excluding hydrogens is 261 g/mol. The Balaban J connectivity index is 1.95. The first kappa shape index (κ1) is 13.0. The monoisotopic (exact) mass is 277 g/mol. The van der Waals surface area contributed by atoms with Crippen molar-refractivity contribution < 1.29 is 9.13 Å². The van der Waals surface area contributed by atoms with Crippen molar-refractivity contribution in [3.8, 4) is 11.4 Å². The Labute approximate surface area is 115 Å². The molecule has 1 saturated heterocycles. The number of hydrogen-bond acceptors (Lipinski definition) is 5. The van der Waals surface area contributed by atoms with E-state index in [1.54, 1.807) is 16.8 Å². The summed E-state index contributed by atoms with van der Waals surface area (Å²) in [6, 6.07) is 4.71. The predicted octanol–water partition coefficient (Wildman–Crippen LogP) is 1.80. The molecule has 0 spiro atoms. The van der Waals surface area contributed by atoms with Gasteiger partial charge in [0.05, 0.1) is 17.8 Å². The number of nitrogens with zero attached hydrogens (tertiary/aromatic N) is 4. The maximum atomic E-state index is 13.2. The highest BCUT2D eigenvalue weighted by Crippen LogP contribution is 2.29. The van der Waals surface area contributed by atoms with Gasteiger partial charge >= 0.3 is 0 Å². The fourth-order valence-corrected chi connectivity index (χ4v) is 2.51. The fraction of sp³-hybridized carbons (Fsp3) is 0.462. The van der Waals surface area contributed by atoms with Gasteiger partial charge < -0.3 is 10.5 Å². The molecule has 20 heavy (non-hydrogen) atoms. The molecule has 6 nitrogen and oxygen atoms in total. The van der Waals surface area contributed by atoms with Crippen molar-refractivity contribution in [1.29, 1.82) is 0 Å². The topological polar surface area (TPSA) is 78.9 Å². The molecule has 2 heterocycles. The van der Waals surface area contributed by atoms with E-state index in [9.17, 15) is 4.39 Å². The lowest BCUT2D eigenvalue weighted by atomic mass is 10.0. The van der Waals surface area contributed by atoms with Gasteiger partial charge in [-0.1, -0.05) is 0 Å². The van der Waals surface area contributed by atoms with Gasteiger partial charge in [0.15, 0.2) is 5.82 Å². The first-order valence-corrected chi connectivity index (χ1v) is 6.60. The summed E-state index contributed by atoms with van der Waals surface area (Å²) in [7, 11) is 0. The zero-order chi connectivity index (χ0) is 14.1. The van der Waals surface area contributed by atoms with E-state index in [2.05, 4.69) is 15.5 Å². The first-order chi connectivity index (χ1) is 9.65. The normalized spacial score (nSPS) is 22.9. The zero-order valence-corrected chi connectivity index (χ0v) is 11.2. The van der Waals surface area contributed by atoms with Gasteiger partial charge in [-0.25, -0.2) is 9.07 Å². The zero-order valence-electron chi connectivity index (χ0n) is 11.2. The van der Waals surface area contributed by atoms with E-state index < -0.39 is 5.82 Å². The SMILES string of the molecule is CC1CC(n2nnnc2-c2ccc(F)c(N)c2)CCO1. The number of tetrazole rings is 1. The molecule has 0 saturated carbocycles. The van der Waals surface area contributed by atoms with Crippen molar-refractivity contribution in [2.45, 2.75) is 31.9 Å². The highest BCUT2D eigenvalue weighted by atomic mass is 19.1. The number of rotatable bonds is 2. The van der Waals surface area contributed by atoms with Crippen LogP contribution >= 0.6 is 0 Å². The molecule has 2 aromatic rings. The molecule has 0 bridgehead atoms. The van der Waals surface area contributed by atoms with E-state index in [1.165, 1.54) is 6.07 Å². The van der Waals surface area contributed by atoms with E-state index in [1.807, 2.05) is 6.92 Å². The van der Waals surface area contributed by atoms with Gasteiger partial charge in [-0.2, -0.15) is 0 Å². The molecule has 2 unspecified atom stereocenters. The van der Waals surface area contributed by atoms with Crippen molar-refractivity contribution >= 4 is 5.69 Å². The lowest BCUT2D eigenvalue weighted by Gasteiger charge is -2.27. The highest BCUT2D eigenvalue weighted by Gasteiger charge is 2.25. The van der Waals surface area contributed by atoms with Crippen molar-refractivity contribution in [2.75, 3.05) is 12.3 Å². The molecule has 2 atom stereocenters. The van der Waals surface area contributed by atoms with Crippen LogP contribution in [0.15, 0.2) is 18.2 Å². The van der Waals surface area contributed by atoms with E-state index >= 15 is 0 Å². The van der Waals surface area contributed by atoms with E-state index in [0.29, 0.717) is 18.0 Å². The Morgan fingerprint density at radius 3 is 3.05 bits per heavy atom. The minimum Gasteiger partial charge on any atom is -0.396 e. The molecule has 1 fully saturated rings. The number of halogens is 1. The summed E-state index contributed by atoms with van der Waals surface area (Å²) in [5.41, 5.74) is 6.42. The predicted molar refractivity (Wildman–Crippen MR) is 71.3 cm³/mol. The number of aromatic nitrogens is 4. The largest absolute Gasteiger partial charge is 0.396 e. The third kappa shape index (κ3) is 2.36. The van der Waals surface area contributed by atoms with Crippen LogP contribution in [0.4, 0.5) is 10.1 Å². The summed E-state index contributed by atoms with van der Waals surface area (Å²) in [6.07, 6.45) is 1.90. The summed E-state index contributed by atoms with van der Waals surface area (Å²) in [6.45, 7) is 2.72. The van der Waals surface area contributed by atoms with E-state index in [-0.39, 0.29) is 17.8 Å². The van der Waals surface area contributed by atoms with Crippen LogP contribution in [0.2, 0.25) is 0 Å². The molecule has 2 N–H and O–H groups in total. The second-order valence-corrected chi connectivity index (χ2v) is 5.04. The number of benzene rings is 1. The highest BCUT2D eigenvalue weighted by molar-refractivity contribution is 5.61. The van der Waals surface area contributed by atoms with Gasteiger partial charge in [0, 0.05) is 12.2 Å². The summed E-state index contributed by atoms with van der Waals surface area (Å²) in [4.78, 5) is 0. The van der Waals surface area contributed by atoms with Crippen LogP contribution in [-0.2, 0) is 4.74 Å². The lowest BCUT2D eigenvalue weighted by Crippen LogP contribution is -2.26. The smallest absolute Gasteiger partial charge is 0.182 e. The Morgan fingerprint density at radius 2 is 2.30 bits per heavy atom. The standard InChI is InChI=1S/C13H16FN5O/c1-8-6-10(4-5-20-8)19-13(16-17-18-19)9-2-3-11(14)12(15)7-9/h2-3,7-8,10H,4-6,15H2,1H3. The maximum Gasteiger partial charge on any atom is 0.182 e. The van der Waals surface area contributed by atoms with Crippen LogP contribution < -0.4 is 5.73 Å². The minimum atomic E-state index is -0.438. The van der Waals surface area contributed by atoms with Crippen molar-refractivity contribution in [3.05, 3.63) is 24.0 Å². The molecule has 1 aromatic carbocycles. The summed E-state index contributed by atoms with van der Waals surface area (Å²) in [5.74, 6) is 0.170. The Morgan fingerprint density at radius 1 is 1.45 bits per heavy atom. The van der Waals surface area contributed by atoms with Crippen LogP contribution in [0.5, 0.6) is 0 Å². The molecule has 1 aliphatic rings. The molecule has 7 heteroatoms. The number of anilines is 1. The molecule has 0 aliphatic carbocycles. The molecule has 3 rings (SSSR count). The Bertz CT molecular complexity index is 615. The maximum absolute atomic E-state index is 13.2. The van der Waals surface area contributed by atoms with Crippen molar-refractivity contribution in [3.63, 3.8) is 0 Å². The Kier molecular flexibility index (Phi) is 3.35. The summed E-state index contributed by atoms with van der Waals surface area (Å²) in [5, 5.41) is 11.8. The fourth-order valence-electron chi connectivity index (χ4n) is 2.51. The van der Waals surface area contributed by atoms with Gasteiger partial charge in [0.1, 0.15) is 5.82 Å². The quantitative estimate of drug-likeness (QED) is 0.847. The second kappa shape index (κ2) is 5.16. The summed E-state index contributed by atoms with van der Waals surface area (Å²) < 4.78 is 20.6. The van der Waals surface area contributed by atoms with Gasteiger partial charge in [0.2, 0.25) is 0 Å². The number of nitrogens with two attached hydrogens (primary N) is 1. The number of ether oxygens (including phenoxy) is 1. The molecule has 0 amide bonds.